The van der Waals surface area contributed by atoms with Crippen LogP contribution in [-0.4, -0.2) is 32.2 Å². The van der Waals surface area contributed by atoms with Crippen molar-refractivity contribution < 1.29 is 5.11 Å². The number of nitrogen functional groups attached to an aromatic ring is 1. The molecule has 1 saturated carbocycles. The minimum atomic E-state index is -0.147. The van der Waals surface area contributed by atoms with Gasteiger partial charge in [-0.3, -0.25) is 0 Å². The Morgan fingerprint density at radius 3 is 2.83 bits per heavy atom. The molecule has 0 saturated heterocycles. The van der Waals surface area contributed by atoms with Gasteiger partial charge < -0.3 is 21.1 Å². The van der Waals surface area contributed by atoms with Crippen molar-refractivity contribution in [3.8, 4) is 0 Å². The number of nitrogens with two attached hydrogens (primary N) is 1. The average molecular weight is 247 g/mol. The predicted octanol–water partition coefficient (Wildman–Crippen LogP) is 1.26. The second-order valence-electron chi connectivity index (χ2n) is 4.82. The topological polar surface area (TPSA) is 99.9 Å². The van der Waals surface area contributed by atoms with Gasteiger partial charge in [0.15, 0.2) is 0 Å². The summed E-state index contributed by atoms with van der Waals surface area (Å²) < 4.78 is 0. The van der Waals surface area contributed by atoms with E-state index < -0.39 is 0 Å². The molecule has 0 radical (unpaired) electrons. The van der Waals surface area contributed by atoms with Crippen LogP contribution in [0.25, 0.3) is 11.0 Å². The highest BCUT2D eigenvalue weighted by atomic mass is 16.3. The van der Waals surface area contributed by atoms with Crippen molar-refractivity contribution in [1.29, 1.82) is 0 Å². The maximum absolute atomic E-state index is 9.50. The zero-order chi connectivity index (χ0) is 12.5. The minimum Gasteiger partial charge on any atom is -0.393 e. The van der Waals surface area contributed by atoms with E-state index in [2.05, 4.69) is 20.3 Å². The molecular weight excluding hydrogens is 230 g/mol. The molecule has 18 heavy (non-hydrogen) atoms. The lowest BCUT2D eigenvalue weighted by molar-refractivity contribution is 0.126. The van der Waals surface area contributed by atoms with Gasteiger partial charge in [0.1, 0.15) is 11.5 Å². The number of fused-ring (bicyclic) bond motifs is 1. The summed E-state index contributed by atoms with van der Waals surface area (Å²) >= 11 is 0. The van der Waals surface area contributed by atoms with Crippen LogP contribution >= 0.6 is 0 Å². The Labute approximate surface area is 105 Å². The van der Waals surface area contributed by atoms with E-state index in [0.29, 0.717) is 6.04 Å². The van der Waals surface area contributed by atoms with Crippen LogP contribution in [0, 0.1) is 0 Å². The molecule has 3 rings (SSSR count). The fourth-order valence-electron chi connectivity index (χ4n) is 2.48. The maximum Gasteiger partial charge on any atom is 0.223 e. The van der Waals surface area contributed by atoms with Gasteiger partial charge in [-0.15, -0.1) is 0 Å². The molecule has 0 aromatic carbocycles. The molecule has 0 bridgehead atoms. The Morgan fingerprint density at radius 2 is 2.06 bits per heavy atom. The van der Waals surface area contributed by atoms with Gasteiger partial charge in [-0.2, -0.15) is 9.97 Å². The Kier molecular flexibility index (Phi) is 2.79. The number of aromatic nitrogens is 3. The molecule has 1 aliphatic carbocycles. The van der Waals surface area contributed by atoms with Gasteiger partial charge in [-0.1, -0.05) is 0 Å². The molecule has 0 amide bonds. The van der Waals surface area contributed by atoms with Crippen molar-refractivity contribution in [2.24, 2.45) is 0 Å². The standard InChI is InChI=1S/C12H17N5O/c13-12-16-10-9(5-6-14-10)11(17-12)15-7-1-3-8(18)4-2-7/h5-8,18H,1-4H2,(H4,13,14,15,16,17). The van der Waals surface area contributed by atoms with E-state index in [1.54, 1.807) is 0 Å². The monoisotopic (exact) mass is 247 g/mol. The minimum absolute atomic E-state index is 0.147. The first-order chi connectivity index (χ1) is 8.72. The van der Waals surface area contributed by atoms with Crippen molar-refractivity contribution in [1.82, 2.24) is 15.0 Å². The van der Waals surface area contributed by atoms with Crippen molar-refractivity contribution in [3.05, 3.63) is 12.3 Å². The molecule has 0 spiro atoms. The molecule has 6 nitrogen and oxygen atoms in total. The SMILES string of the molecule is Nc1nc(NC2CCC(O)CC2)c2cc[nH]c2n1. The second-order valence-corrected chi connectivity index (χ2v) is 4.82. The Morgan fingerprint density at radius 1 is 1.28 bits per heavy atom. The fraction of sp³-hybridized carbons (Fsp3) is 0.500. The van der Waals surface area contributed by atoms with Crippen molar-refractivity contribution in [2.75, 3.05) is 11.1 Å². The van der Waals surface area contributed by atoms with Crippen LogP contribution < -0.4 is 11.1 Å². The van der Waals surface area contributed by atoms with Gasteiger partial charge in [-0.05, 0) is 31.7 Å². The van der Waals surface area contributed by atoms with E-state index in [1.807, 2.05) is 12.3 Å². The number of hydrogen-bond acceptors (Lipinski definition) is 5. The van der Waals surface area contributed by atoms with E-state index in [9.17, 15) is 5.11 Å². The number of rotatable bonds is 2. The van der Waals surface area contributed by atoms with Gasteiger partial charge in [0.2, 0.25) is 5.95 Å². The Bertz CT molecular complexity index is 544. The molecule has 6 heteroatoms. The highest BCUT2D eigenvalue weighted by Crippen LogP contribution is 2.25. The first-order valence-corrected chi connectivity index (χ1v) is 6.27. The lowest BCUT2D eigenvalue weighted by Gasteiger charge is -2.26. The Hall–Kier alpha value is -1.82. The van der Waals surface area contributed by atoms with Crippen LogP contribution in [0.4, 0.5) is 11.8 Å². The summed E-state index contributed by atoms with van der Waals surface area (Å²) in [5.41, 5.74) is 6.44. The molecule has 0 atom stereocenters. The van der Waals surface area contributed by atoms with Crippen LogP contribution in [0.15, 0.2) is 12.3 Å². The number of aromatic amines is 1. The number of hydrogen-bond donors (Lipinski definition) is 4. The molecular formula is C12H17N5O. The first-order valence-electron chi connectivity index (χ1n) is 6.27. The van der Waals surface area contributed by atoms with Crippen LogP contribution in [0.3, 0.4) is 0 Å². The maximum atomic E-state index is 9.50. The molecule has 0 unspecified atom stereocenters. The number of nitrogens with one attached hydrogen (secondary N) is 2. The van der Waals surface area contributed by atoms with Crippen LogP contribution in [-0.2, 0) is 0 Å². The smallest absolute Gasteiger partial charge is 0.223 e. The molecule has 2 aromatic heterocycles. The van der Waals surface area contributed by atoms with Gasteiger partial charge in [-0.25, -0.2) is 0 Å². The first kappa shape index (κ1) is 11.3. The van der Waals surface area contributed by atoms with E-state index in [-0.39, 0.29) is 12.1 Å². The van der Waals surface area contributed by atoms with E-state index in [1.165, 1.54) is 0 Å². The number of nitrogens with zero attached hydrogens (tertiary/aromatic N) is 2. The third-order valence-electron chi connectivity index (χ3n) is 3.47. The molecule has 5 N–H and O–H groups in total. The number of anilines is 2. The summed E-state index contributed by atoms with van der Waals surface area (Å²) in [6.45, 7) is 0. The molecule has 1 aliphatic rings. The summed E-state index contributed by atoms with van der Waals surface area (Å²) in [5, 5.41) is 13.9. The van der Waals surface area contributed by atoms with E-state index >= 15 is 0 Å². The molecule has 2 heterocycles. The second kappa shape index (κ2) is 4.45. The van der Waals surface area contributed by atoms with Crippen molar-refractivity contribution in [2.45, 2.75) is 37.8 Å². The lowest BCUT2D eigenvalue weighted by Crippen LogP contribution is -2.28. The summed E-state index contributed by atoms with van der Waals surface area (Å²) in [6.07, 6.45) is 5.27. The summed E-state index contributed by atoms with van der Waals surface area (Å²) in [5.74, 6) is 1.04. The molecule has 1 fully saturated rings. The zero-order valence-electron chi connectivity index (χ0n) is 10.1. The summed E-state index contributed by atoms with van der Waals surface area (Å²) in [6, 6.07) is 2.29. The summed E-state index contributed by atoms with van der Waals surface area (Å²) in [4.78, 5) is 11.4. The number of aliphatic hydroxyl groups is 1. The van der Waals surface area contributed by atoms with Crippen molar-refractivity contribution >= 4 is 22.8 Å². The third-order valence-corrected chi connectivity index (χ3v) is 3.47. The fourth-order valence-corrected chi connectivity index (χ4v) is 2.48. The van der Waals surface area contributed by atoms with Gasteiger partial charge >= 0.3 is 0 Å². The third kappa shape index (κ3) is 2.11. The van der Waals surface area contributed by atoms with E-state index in [4.69, 9.17) is 5.73 Å². The lowest BCUT2D eigenvalue weighted by atomic mass is 9.93. The van der Waals surface area contributed by atoms with Crippen LogP contribution in [0.1, 0.15) is 25.7 Å². The molecule has 0 aliphatic heterocycles. The Balaban J connectivity index is 1.83. The van der Waals surface area contributed by atoms with E-state index in [0.717, 1.165) is 42.5 Å². The van der Waals surface area contributed by atoms with Crippen LogP contribution in [0.5, 0.6) is 0 Å². The van der Waals surface area contributed by atoms with Crippen molar-refractivity contribution in [3.63, 3.8) is 0 Å². The zero-order valence-corrected chi connectivity index (χ0v) is 10.1. The quantitative estimate of drug-likeness (QED) is 0.640. The number of H-pyrrole nitrogens is 1. The molecule has 96 valence electrons. The normalized spacial score (nSPS) is 24.3. The number of aliphatic hydroxyl groups excluding tert-OH is 1. The predicted molar refractivity (Wildman–Crippen MR) is 70.2 cm³/mol. The van der Waals surface area contributed by atoms with Crippen LogP contribution in [0.2, 0.25) is 0 Å². The highest BCUT2D eigenvalue weighted by molar-refractivity contribution is 5.88. The average Bonchev–Trinajstić information content (AvgIpc) is 2.80. The van der Waals surface area contributed by atoms with Gasteiger partial charge in [0, 0.05) is 12.2 Å². The highest BCUT2D eigenvalue weighted by Gasteiger charge is 2.20. The van der Waals surface area contributed by atoms with Gasteiger partial charge in [0.05, 0.1) is 11.5 Å². The molecule has 2 aromatic rings. The van der Waals surface area contributed by atoms with Gasteiger partial charge in [0.25, 0.3) is 0 Å². The largest absolute Gasteiger partial charge is 0.393 e. The summed E-state index contributed by atoms with van der Waals surface area (Å²) in [7, 11) is 0.